The van der Waals surface area contributed by atoms with Gasteiger partial charge in [-0.15, -0.1) is 0 Å². The molecule has 16 heavy (non-hydrogen) atoms. The molecule has 0 aliphatic rings. The van der Waals surface area contributed by atoms with Gasteiger partial charge in [-0.1, -0.05) is 29.8 Å². The van der Waals surface area contributed by atoms with Crippen molar-refractivity contribution in [2.75, 3.05) is 13.6 Å². The van der Waals surface area contributed by atoms with E-state index in [1.807, 2.05) is 31.2 Å². The maximum absolute atomic E-state index is 11.0. The van der Waals surface area contributed by atoms with E-state index in [1.165, 1.54) is 6.92 Å². The van der Waals surface area contributed by atoms with Crippen molar-refractivity contribution < 1.29 is 9.90 Å². The predicted molar refractivity (Wildman–Crippen MR) is 64.1 cm³/mol. The van der Waals surface area contributed by atoms with E-state index < -0.39 is 6.10 Å². The van der Waals surface area contributed by atoms with E-state index in [0.717, 1.165) is 11.1 Å². The van der Waals surface area contributed by atoms with Gasteiger partial charge in [-0.2, -0.15) is 0 Å². The molecule has 0 aliphatic carbocycles. The summed E-state index contributed by atoms with van der Waals surface area (Å²) >= 11 is 0. The van der Waals surface area contributed by atoms with E-state index in [1.54, 1.807) is 11.9 Å². The Morgan fingerprint density at radius 3 is 2.75 bits per heavy atom. The molecule has 0 saturated heterocycles. The van der Waals surface area contributed by atoms with Crippen LogP contribution in [0.25, 0.3) is 0 Å². The van der Waals surface area contributed by atoms with Crippen LogP contribution in [0.2, 0.25) is 0 Å². The van der Waals surface area contributed by atoms with Crippen LogP contribution < -0.4 is 0 Å². The number of aryl methyl sites for hydroxylation is 1. The molecule has 1 atom stereocenters. The van der Waals surface area contributed by atoms with E-state index in [0.29, 0.717) is 13.0 Å². The van der Waals surface area contributed by atoms with Gasteiger partial charge in [0.1, 0.15) is 0 Å². The number of aliphatic hydroxyl groups is 1. The summed E-state index contributed by atoms with van der Waals surface area (Å²) in [7, 11) is 1.74. The fraction of sp³-hybridized carbons (Fsp3) is 0.462. The van der Waals surface area contributed by atoms with Crippen LogP contribution in [0.3, 0.4) is 0 Å². The van der Waals surface area contributed by atoms with Crippen molar-refractivity contribution in [1.82, 2.24) is 4.90 Å². The minimum atomic E-state index is -0.498. The molecule has 3 heteroatoms. The van der Waals surface area contributed by atoms with Gasteiger partial charge in [0, 0.05) is 20.5 Å². The van der Waals surface area contributed by atoms with Gasteiger partial charge < -0.3 is 10.0 Å². The van der Waals surface area contributed by atoms with Crippen molar-refractivity contribution in [3.8, 4) is 0 Å². The molecule has 0 radical (unpaired) electrons. The Labute approximate surface area is 96.7 Å². The number of benzene rings is 1. The molecule has 0 spiro atoms. The summed E-state index contributed by atoms with van der Waals surface area (Å²) in [6, 6.07) is 7.81. The number of carbonyl (C=O) groups excluding carboxylic acids is 1. The average molecular weight is 221 g/mol. The standard InChI is InChI=1S/C13H19NO2/c1-10-5-4-6-12(9-10)13(16)7-8-14(3)11(2)15/h4-6,9,13,16H,7-8H2,1-3H3/t13-/m1/s1. The lowest BCUT2D eigenvalue weighted by molar-refractivity contribution is -0.127. The molecule has 0 aliphatic heterocycles. The lowest BCUT2D eigenvalue weighted by Crippen LogP contribution is -2.26. The molecule has 3 nitrogen and oxygen atoms in total. The molecule has 1 aromatic rings. The van der Waals surface area contributed by atoms with Crippen LogP contribution >= 0.6 is 0 Å². The lowest BCUT2D eigenvalue weighted by Gasteiger charge is -2.17. The first-order valence-electron chi connectivity index (χ1n) is 5.47. The van der Waals surface area contributed by atoms with Gasteiger partial charge in [0.15, 0.2) is 0 Å². The maximum Gasteiger partial charge on any atom is 0.219 e. The normalized spacial score (nSPS) is 12.2. The van der Waals surface area contributed by atoms with Gasteiger partial charge in [0.25, 0.3) is 0 Å². The van der Waals surface area contributed by atoms with Gasteiger partial charge in [-0.3, -0.25) is 4.79 Å². The van der Waals surface area contributed by atoms with Crippen LogP contribution in [0.15, 0.2) is 24.3 Å². The quantitative estimate of drug-likeness (QED) is 0.843. The molecule has 0 aromatic heterocycles. The smallest absolute Gasteiger partial charge is 0.219 e. The maximum atomic E-state index is 11.0. The third-order valence-electron chi connectivity index (χ3n) is 2.70. The Morgan fingerprint density at radius 1 is 1.50 bits per heavy atom. The number of aliphatic hydroxyl groups excluding tert-OH is 1. The summed E-state index contributed by atoms with van der Waals surface area (Å²) in [5.74, 6) is 0.0245. The minimum absolute atomic E-state index is 0.0245. The largest absolute Gasteiger partial charge is 0.388 e. The highest BCUT2D eigenvalue weighted by Crippen LogP contribution is 2.17. The van der Waals surface area contributed by atoms with E-state index in [4.69, 9.17) is 0 Å². The number of amides is 1. The first kappa shape index (κ1) is 12.7. The van der Waals surface area contributed by atoms with Crippen LogP contribution in [-0.2, 0) is 4.79 Å². The van der Waals surface area contributed by atoms with E-state index in [2.05, 4.69) is 0 Å². The second kappa shape index (κ2) is 5.66. The number of rotatable bonds is 4. The number of hydrogen-bond acceptors (Lipinski definition) is 2. The first-order valence-corrected chi connectivity index (χ1v) is 5.47. The van der Waals surface area contributed by atoms with Crippen LogP contribution in [0, 0.1) is 6.92 Å². The summed E-state index contributed by atoms with van der Waals surface area (Å²) < 4.78 is 0. The summed E-state index contributed by atoms with van der Waals surface area (Å²) in [5, 5.41) is 9.94. The second-order valence-electron chi connectivity index (χ2n) is 4.16. The third-order valence-corrected chi connectivity index (χ3v) is 2.70. The SMILES string of the molecule is CC(=O)N(C)CC[C@@H](O)c1cccc(C)c1. The van der Waals surface area contributed by atoms with Gasteiger partial charge in [0.05, 0.1) is 6.10 Å². The molecule has 1 aromatic carbocycles. The highest BCUT2D eigenvalue weighted by atomic mass is 16.3. The zero-order valence-electron chi connectivity index (χ0n) is 10.1. The summed E-state index contributed by atoms with van der Waals surface area (Å²) in [6.07, 6.45) is 0.0706. The summed E-state index contributed by atoms with van der Waals surface area (Å²) in [5.41, 5.74) is 2.05. The highest BCUT2D eigenvalue weighted by molar-refractivity contribution is 5.72. The van der Waals surface area contributed by atoms with Crippen molar-refractivity contribution in [3.63, 3.8) is 0 Å². The van der Waals surface area contributed by atoms with Crippen molar-refractivity contribution in [3.05, 3.63) is 35.4 Å². The number of nitrogens with zero attached hydrogens (tertiary/aromatic N) is 1. The molecular formula is C13H19NO2. The third kappa shape index (κ3) is 3.66. The number of carbonyl (C=O) groups is 1. The molecule has 0 saturated carbocycles. The molecular weight excluding hydrogens is 202 g/mol. The second-order valence-corrected chi connectivity index (χ2v) is 4.16. The zero-order chi connectivity index (χ0) is 12.1. The number of hydrogen-bond donors (Lipinski definition) is 1. The molecule has 88 valence electrons. The Balaban J connectivity index is 2.52. The molecule has 0 fully saturated rings. The fourth-order valence-electron chi connectivity index (χ4n) is 1.52. The van der Waals surface area contributed by atoms with Crippen LogP contribution in [0.1, 0.15) is 30.6 Å². The van der Waals surface area contributed by atoms with Crippen LogP contribution in [0.4, 0.5) is 0 Å². The van der Waals surface area contributed by atoms with Crippen molar-refractivity contribution in [2.24, 2.45) is 0 Å². The summed E-state index contributed by atoms with van der Waals surface area (Å²) in [6.45, 7) is 4.10. The predicted octanol–water partition coefficient (Wildman–Crippen LogP) is 1.90. The molecule has 1 amide bonds. The zero-order valence-corrected chi connectivity index (χ0v) is 10.1. The van der Waals surface area contributed by atoms with Crippen LogP contribution in [0.5, 0.6) is 0 Å². The Hall–Kier alpha value is -1.35. The fourth-order valence-corrected chi connectivity index (χ4v) is 1.52. The molecule has 0 heterocycles. The van der Waals surface area contributed by atoms with Crippen LogP contribution in [-0.4, -0.2) is 29.5 Å². The van der Waals surface area contributed by atoms with E-state index in [-0.39, 0.29) is 5.91 Å². The van der Waals surface area contributed by atoms with Gasteiger partial charge in [0.2, 0.25) is 5.91 Å². The van der Waals surface area contributed by atoms with Crippen molar-refractivity contribution in [1.29, 1.82) is 0 Å². The summed E-state index contributed by atoms with van der Waals surface area (Å²) in [4.78, 5) is 12.6. The average Bonchev–Trinajstić information content (AvgIpc) is 2.25. The highest BCUT2D eigenvalue weighted by Gasteiger charge is 2.10. The Kier molecular flexibility index (Phi) is 4.50. The lowest BCUT2D eigenvalue weighted by atomic mass is 10.0. The molecule has 1 N–H and O–H groups in total. The topological polar surface area (TPSA) is 40.5 Å². The van der Waals surface area contributed by atoms with E-state index >= 15 is 0 Å². The Morgan fingerprint density at radius 2 is 2.19 bits per heavy atom. The Bertz CT molecular complexity index is 363. The van der Waals surface area contributed by atoms with Gasteiger partial charge in [-0.05, 0) is 18.9 Å². The van der Waals surface area contributed by atoms with Gasteiger partial charge in [-0.25, -0.2) is 0 Å². The molecule has 1 rings (SSSR count). The van der Waals surface area contributed by atoms with Crippen molar-refractivity contribution in [2.45, 2.75) is 26.4 Å². The molecule has 0 unspecified atom stereocenters. The monoisotopic (exact) mass is 221 g/mol. The van der Waals surface area contributed by atoms with Gasteiger partial charge >= 0.3 is 0 Å². The minimum Gasteiger partial charge on any atom is -0.388 e. The van der Waals surface area contributed by atoms with E-state index in [9.17, 15) is 9.90 Å². The molecule has 0 bridgehead atoms. The first-order chi connectivity index (χ1) is 7.50. The van der Waals surface area contributed by atoms with Crippen molar-refractivity contribution >= 4 is 5.91 Å².